The Labute approximate surface area is 149 Å². The first kappa shape index (κ1) is 18.6. The molecule has 0 unspecified atom stereocenters. The van der Waals surface area contributed by atoms with Gasteiger partial charge in [-0.2, -0.15) is 14.9 Å². The van der Waals surface area contributed by atoms with Gasteiger partial charge in [0.2, 0.25) is 10.5 Å². The molecule has 2 aromatic rings. The molecule has 134 valence electrons. The SMILES string of the molecule is CCCCc1n[nH]c(=S)n1/N=C\c1cc(OCC)c(O)c([N+](=O)[O-])c1. The van der Waals surface area contributed by atoms with Crippen molar-refractivity contribution in [2.45, 2.75) is 33.1 Å². The lowest BCUT2D eigenvalue weighted by Gasteiger charge is -2.07. The van der Waals surface area contributed by atoms with Gasteiger partial charge in [-0.05, 0) is 31.6 Å². The standard InChI is InChI=1S/C15H19N5O4S/c1-3-5-6-13-17-18-15(25)19(13)16-9-10-7-11(20(22)23)14(21)12(8-10)24-4-2/h7-9,21H,3-6H2,1-2H3,(H,18,25)/b16-9-. The molecule has 0 aliphatic heterocycles. The van der Waals surface area contributed by atoms with Crippen LogP contribution in [0.5, 0.6) is 11.5 Å². The van der Waals surface area contributed by atoms with Crippen LogP contribution in [0.3, 0.4) is 0 Å². The Kier molecular flexibility index (Phi) is 6.23. The van der Waals surface area contributed by atoms with Crippen LogP contribution in [0.15, 0.2) is 17.2 Å². The predicted octanol–water partition coefficient (Wildman–Crippen LogP) is 3.18. The molecule has 9 nitrogen and oxygen atoms in total. The van der Waals surface area contributed by atoms with Gasteiger partial charge in [0.15, 0.2) is 11.6 Å². The largest absolute Gasteiger partial charge is 0.500 e. The van der Waals surface area contributed by atoms with E-state index in [0.717, 1.165) is 12.8 Å². The summed E-state index contributed by atoms with van der Waals surface area (Å²) in [5.41, 5.74) is -0.0492. The zero-order valence-corrected chi connectivity index (χ0v) is 14.7. The number of nitrogens with zero attached hydrogens (tertiary/aromatic N) is 4. The highest BCUT2D eigenvalue weighted by Gasteiger charge is 2.19. The van der Waals surface area contributed by atoms with Crippen LogP contribution in [-0.4, -0.2) is 37.7 Å². The lowest BCUT2D eigenvalue weighted by atomic mass is 10.2. The maximum atomic E-state index is 11.1. The summed E-state index contributed by atoms with van der Waals surface area (Å²) in [4.78, 5) is 10.4. The van der Waals surface area contributed by atoms with Crippen molar-refractivity contribution in [3.8, 4) is 11.5 Å². The minimum Gasteiger partial charge on any atom is -0.500 e. The summed E-state index contributed by atoms with van der Waals surface area (Å²) in [6, 6.07) is 2.70. The van der Waals surface area contributed by atoms with Gasteiger partial charge in [-0.1, -0.05) is 13.3 Å². The molecule has 0 aliphatic rings. The number of ether oxygens (including phenoxy) is 1. The van der Waals surface area contributed by atoms with E-state index < -0.39 is 16.4 Å². The Balaban J connectivity index is 2.40. The number of aromatic hydroxyl groups is 1. The molecule has 0 spiro atoms. The van der Waals surface area contributed by atoms with Crippen molar-refractivity contribution in [1.29, 1.82) is 0 Å². The number of nitro benzene ring substituents is 1. The fraction of sp³-hybridized carbons (Fsp3) is 0.400. The van der Waals surface area contributed by atoms with E-state index in [2.05, 4.69) is 22.2 Å². The molecule has 0 aliphatic carbocycles. The van der Waals surface area contributed by atoms with Gasteiger partial charge >= 0.3 is 5.69 Å². The maximum Gasteiger partial charge on any atom is 0.315 e. The summed E-state index contributed by atoms with van der Waals surface area (Å²) in [5, 5.41) is 32.1. The minimum absolute atomic E-state index is 0.0279. The zero-order chi connectivity index (χ0) is 18.4. The van der Waals surface area contributed by atoms with Crippen molar-refractivity contribution >= 4 is 24.1 Å². The Morgan fingerprint density at radius 2 is 2.28 bits per heavy atom. The molecule has 2 N–H and O–H groups in total. The third-order valence-corrected chi connectivity index (χ3v) is 3.63. The molecule has 2 rings (SSSR count). The first-order valence-electron chi connectivity index (χ1n) is 7.82. The minimum atomic E-state index is -0.675. The molecule has 0 atom stereocenters. The van der Waals surface area contributed by atoms with Crippen LogP contribution in [0.4, 0.5) is 5.69 Å². The molecule has 10 heteroatoms. The number of nitro groups is 1. The highest BCUT2D eigenvalue weighted by molar-refractivity contribution is 7.71. The Bertz CT molecular complexity index is 843. The average molecular weight is 365 g/mol. The van der Waals surface area contributed by atoms with Gasteiger partial charge < -0.3 is 9.84 Å². The summed E-state index contributed by atoms with van der Waals surface area (Å²) in [6.07, 6.45) is 4.07. The monoisotopic (exact) mass is 365 g/mol. The fourth-order valence-electron chi connectivity index (χ4n) is 2.16. The maximum absolute atomic E-state index is 11.1. The van der Waals surface area contributed by atoms with Gasteiger partial charge in [-0.25, -0.2) is 0 Å². The fourth-order valence-corrected chi connectivity index (χ4v) is 2.36. The van der Waals surface area contributed by atoms with E-state index in [-0.39, 0.29) is 12.4 Å². The number of phenols is 1. The van der Waals surface area contributed by atoms with Gasteiger partial charge in [-0.3, -0.25) is 15.2 Å². The van der Waals surface area contributed by atoms with Crippen molar-refractivity contribution in [2.75, 3.05) is 6.61 Å². The smallest absolute Gasteiger partial charge is 0.315 e. The van der Waals surface area contributed by atoms with E-state index in [9.17, 15) is 15.2 Å². The Morgan fingerprint density at radius 1 is 1.52 bits per heavy atom. The first-order valence-corrected chi connectivity index (χ1v) is 8.23. The molecular weight excluding hydrogens is 346 g/mol. The second-order valence-corrected chi connectivity index (χ2v) is 5.57. The molecule has 1 aromatic heterocycles. The summed E-state index contributed by atoms with van der Waals surface area (Å²) in [6.45, 7) is 4.05. The van der Waals surface area contributed by atoms with E-state index >= 15 is 0 Å². The second-order valence-electron chi connectivity index (χ2n) is 5.18. The van der Waals surface area contributed by atoms with Gasteiger partial charge in [0, 0.05) is 18.1 Å². The summed E-state index contributed by atoms with van der Waals surface area (Å²) < 4.78 is 7.05. The third-order valence-electron chi connectivity index (χ3n) is 3.37. The highest BCUT2D eigenvalue weighted by Crippen LogP contribution is 2.36. The number of rotatable bonds is 8. The van der Waals surface area contributed by atoms with Crippen LogP contribution in [-0.2, 0) is 6.42 Å². The lowest BCUT2D eigenvalue weighted by Crippen LogP contribution is -2.00. The van der Waals surface area contributed by atoms with Crippen molar-refractivity contribution < 1.29 is 14.8 Å². The van der Waals surface area contributed by atoms with Crippen molar-refractivity contribution in [3.63, 3.8) is 0 Å². The lowest BCUT2D eigenvalue weighted by molar-refractivity contribution is -0.386. The van der Waals surface area contributed by atoms with Crippen LogP contribution in [0.25, 0.3) is 0 Å². The number of hydrogen-bond acceptors (Lipinski definition) is 7. The molecule has 0 radical (unpaired) electrons. The van der Waals surface area contributed by atoms with E-state index in [1.807, 2.05) is 0 Å². The molecule has 1 aromatic carbocycles. The number of hydrogen-bond donors (Lipinski definition) is 2. The number of aryl methyl sites for hydroxylation is 1. The summed E-state index contributed by atoms with van der Waals surface area (Å²) >= 11 is 5.15. The van der Waals surface area contributed by atoms with Crippen molar-refractivity contribution in [1.82, 2.24) is 14.9 Å². The molecule has 0 amide bonds. The van der Waals surface area contributed by atoms with E-state index in [1.54, 1.807) is 6.92 Å². The quantitative estimate of drug-likeness (QED) is 0.321. The van der Waals surface area contributed by atoms with E-state index in [4.69, 9.17) is 17.0 Å². The second kappa shape index (κ2) is 8.38. The van der Waals surface area contributed by atoms with Gasteiger partial charge in [0.25, 0.3) is 0 Å². The number of aromatic amines is 1. The molecule has 0 saturated carbocycles. The summed E-state index contributed by atoms with van der Waals surface area (Å²) in [5.74, 6) is 0.203. The number of unbranched alkanes of at least 4 members (excludes halogenated alkanes) is 1. The van der Waals surface area contributed by atoms with Crippen molar-refractivity contribution in [2.24, 2.45) is 5.10 Å². The van der Waals surface area contributed by atoms with Crippen LogP contribution < -0.4 is 4.74 Å². The first-order chi connectivity index (χ1) is 12.0. The molecule has 0 saturated heterocycles. The van der Waals surface area contributed by atoms with Crippen molar-refractivity contribution in [3.05, 3.63) is 38.4 Å². The number of aromatic nitrogens is 3. The Hall–Kier alpha value is -2.75. The van der Waals surface area contributed by atoms with Crippen LogP contribution >= 0.6 is 12.2 Å². The highest BCUT2D eigenvalue weighted by atomic mass is 32.1. The predicted molar refractivity (Wildman–Crippen MR) is 94.9 cm³/mol. The van der Waals surface area contributed by atoms with Crippen LogP contribution in [0, 0.1) is 14.9 Å². The van der Waals surface area contributed by atoms with Gasteiger partial charge in [0.1, 0.15) is 0 Å². The van der Waals surface area contributed by atoms with E-state index in [0.29, 0.717) is 22.6 Å². The van der Waals surface area contributed by atoms with Gasteiger partial charge in [-0.15, -0.1) is 0 Å². The van der Waals surface area contributed by atoms with Crippen LogP contribution in [0.1, 0.15) is 38.1 Å². The number of nitrogens with one attached hydrogen (secondary N) is 1. The molecule has 25 heavy (non-hydrogen) atoms. The molecule has 0 fully saturated rings. The normalized spacial score (nSPS) is 11.1. The van der Waals surface area contributed by atoms with Crippen LogP contribution in [0.2, 0.25) is 0 Å². The van der Waals surface area contributed by atoms with Gasteiger partial charge in [0.05, 0.1) is 17.7 Å². The number of phenolic OH excluding ortho intramolecular Hbond substituents is 1. The third kappa shape index (κ3) is 4.41. The zero-order valence-electron chi connectivity index (χ0n) is 13.9. The topological polar surface area (TPSA) is 119 Å². The van der Waals surface area contributed by atoms with E-state index in [1.165, 1.54) is 23.0 Å². The molecule has 1 heterocycles. The number of H-pyrrole nitrogens is 1. The Morgan fingerprint density at radius 3 is 2.92 bits per heavy atom. The average Bonchev–Trinajstić information content (AvgIpc) is 2.93. The summed E-state index contributed by atoms with van der Waals surface area (Å²) in [7, 11) is 0. The number of benzene rings is 1. The molecule has 0 bridgehead atoms. The molecular formula is C15H19N5O4S.